The molecule has 1 heterocycles. The van der Waals surface area contributed by atoms with Crippen molar-refractivity contribution >= 4 is 17.7 Å². The van der Waals surface area contributed by atoms with E-state index in [9.17, 15) is 9.59 Å². The lowest BCUT2D eigenvalue weighted by molar-refractivity contribution is -0.139. The minimum absolute atomic E-state index is 0.0215. The summed E-state index contributed by atoms with van der Waals surface area (Å²) in [5.41, 5.74) is 2.67. The highest BCUT2D eigenvalue weighted by atomic mass is 16.5. The predicted molar refractivity (Wildman–Crippen MR) is 98.3 cm³/mol. The summed E-state index contributed by atoms with van der Waals surface area (Å²) in [6, 6.07) is 8.73. The molecule has 2 amide bonds. The van der Waals surface area contributed by atoms with Crippen LogP contribution in [0.5, 0.6) is 0 Å². The van der Waals surface area contributed by atoms with Crippen LogP contribution in [0.25, 0.3) is 0 Å². The molecule has 0 aromatic heterocycles. The van der Waals surface area contributed by atoms with Crippen LogP contribution >= 0.6 is 0 Å². The van der Waals surface area contributed by atoms with E-state index in [1.165, 1.54) is 0 Å². The molecule has 7 nitrogen and oxygen atoms in total. The van der Waals surface area contributed by atoms with Crippen molar-refractivity contribution in [3.05, 3.63) is 41.1 Å². The molecule has 1 aromatic rings. The standard InChI is InChI=1S/C19H24N4O3/c1-4-23(5-2)15-9-7-14(8-10-15)17-16(13(3)21-19(25)22-17)18(24)26-12-6-11-20/h7-10,17H,4-6,12H2,1-3H3,(H2,21,22,25)/t17-/m1/s1. The quantitative estimate of drug-likeness (QED) is 0.578. The van der Waals surface area contributed by atoms with Crippen LogP contribution in [0.4, 0.5) is 10.5 Å². The number of amides is 2. The number of benzene rings is 1. The van der Waals surface area contributed by atoms with E-state index in [0.717, 1.165) is 24.3 Å². The number of esters is 1. The van der Waals surface area contributed by atoms with Gasteiger partial charge in [-0.15, -0.1) is 0 Å². The summed E-state index contributed by atoms with van der Waals surface area (Å²) in [7, 11) is 0. The lowest BCUT2D eigenvalue weighted by atomic mass is 9.95. The first kappa shape index (κ1) is 19.3. The Bertz CT molecular complexity index is 730. The Morgan fingerprint density at radius 2 is 1.92 bits per heavy atom. The van der Waals surface area contributed by atoms with Crippen LogP contribution in [0.2, 0.25) is 0 Å². The van der Waals surface area contributed by atoms with Crippen molar-refractivity contribution in [3.63, 3.8) is 0 Å². The van der Waals surface area contributed by atoms with E-state index in [0.29, 0.717) is 11.3 Å². The first-order valence-corrected chi connectivity index (χ1v) is 8.69. The van der Waals surface area contributed by atoms with Crippen molar-refractivity contribution in [1.29, 1.82) is 5.26 Å². The zero-order valence-electron chi connectivity index (χ0n) is 15.3. The molecular formula is C19H24N4O3. The second-order valence-electron chi connectivity index (χ2n) is 5.88. The van der Waals surface area contributed by atoms with Crippen LogP contribution in [0.15, 0.2) is 35.5 Å². The number of carbonyl (C=O) groups excluding carboxylic acids is 2. The Morgan fingerprint density at radius 1 is 1.27 bits per heavy atom. The van der Waals surface area contributed by atoms with Gasteiger partial charge in [0, 0.05) is 24.5 Å². The average Bonchev–Trinajstić information content (AvgIpc) is 2.62. The van der Waals surface area contributed by atoms with Gasteiger partial charge in [-0.2, -0.15) is 5.26 Å². The van der Waals surface area contributed by atoms with Crippen LogP contribution in [0.1, 0.15) is 38.8 Å². The molecule has 0 aliphatic carbocycles. The van der Waals surface area contributed by atoms with Crippen molar-refractivity contribution in [2.75, 3.05) is 24.6 Å². The van der Waals surface area contributed by atoms with Crippen molar-refractivity contribution in [3.8, 4) is 6.07 Å². The van der Waals surface area contributed by atoms with E-state index in [1.807, 2.05) is 30.3 Å². The van der Waals surface area contributed by atoms with Crippen LogP contribution in [-0.4, -0.2) is 31.7 Å². The Kier molecular flexibility index (Phi) is 6.61. The maximum absolute atomic E-state index is 12.5. The number of nitrogens with one attached hydrogen (secondary N) is 2. The Balaban J connectivity index is 2.29. The first-order valence-electron chi connectivity index (χ1n) is 8.69. The van der Waals surface area contributed by atoms with Gasteiger partial charge in [-0.1, -0.05) is 12.1 Å². The van der Waals surface area contributed by atoms with E-state index >= 15 is 0 Å². The molecule has 0 bridgehead atoms. The van der Waals surface area contributed by atoms with Gasteiger partial charge in [0.1, 0.15) is 6.61 Å². The number of rotatable bonds is 7. The molecule has 0 saturated carbocycles. The molecule has 1 aromatic carbocycles. The van der Waals surface area contributed by atoms with Crippen LogP contribution in [0, 0.1) is 11.3 Å². The molecule has 1 aliphatic rings. The average molecular weight is 356 g/mol. The molecule has 26 heavy (non-hydrogen) atoms. The second-order valence-corrected chi connectivity index (χ2v) is 5.88. The molecule has 2 N–H and O–H groups in total. The summed E-state index contributed by atoms with van der Waals surface area (Å²) in [4.78, 5) is 26.6. The fourth-order valence-corrected chi connectivity index (χ4v) is 2.95. The van der Waals surface area contributed by atoms with E-state index in [2.05, 4.69) is 29.4 Å². The number of ether oxygens (including phenoxy) is 1. The molecule has 0 saturated heterocycles. The number of nitriles is 1. The first-order chi connectivity index (χ1) is 12.5. The van der Waals surface area contributed by atoms with Crippen molar-refractivity contribution in [2.24, 2.45) is 0 Å². The zero-order chi connectivity index (χ0) is 19.1. The number of anilines is 1. The minimum Gasteiger partial charge on any atom is -0.461 e. The highest BCUT2D eigenvalue weighted by Crippen LogP contribution is 2.29. The lowest BCUT2D eigenvalue weighted by Gasteiger charge is -2.28. The Morgan fingerprint density at radius 3 is 2.50 bits per heavy atom. The van der Waals surface area contributed by atoms with Gasteiger partial charge in [0.15, 0.2) is 0 Å². The number of hydrogen-bond donors (Lipinski definition) is 2. The van der Waals surface area contributed by atoms with Crippen LogP contribution in [-0.2, 0) is 9.53 Å². The van der Waals surface area contributed by atoms with Crippen molar-refractivity contribution in [1.82, 2.24) is 10.6 Å². The highest BCUT2D eigenvalue weighted by Gasteiger charge is 2.32. The predicted octanol–water partition coefficient (Wildman–Crippen LogP) is 2.62. The number of carbonyl (C=O) groups is 2. The largest absolute Gasteiger partial charge is 0.461 e. The van der Waals surface area contributed by atoms with Crippen LogP contribution in [0.3, 0.4) is 0 Å². The summed E-state index contributed by atoms with van der Waals surface area (Å²) in [6.07, 6.45) is 0.126. The highest BCUT2D eigenvalue weighted by molar-refractivity contribution is 5.95. The Labute approximate surface area is 153 Å². The number of hydrogen-bond acceptors (Lipinski definition) is 5. The topological polar surface area (TPSA) is 94.5 Å². The molecule has 0 radical (unpaired) electrons. The molecule has 0 unspecified atom stereocenters. The third kappa shape index (κ3) is 4.33. The van der Waals surface area contributed by atoms with Gasteiger partial charge in [0.05, 0.1) is 24.1 Å². The number of urea groups is 1. The summed E-state index contributed by atoms with van der Waals surface area (Å²) in [5, 5.41) is 14.0. The summed E-state index contributed by atoms with van der Waals surface area (Å²) in [5.74, 6) is -0.539. The van der Waals surface area contributed by atoms with Gasteiger partial charge in [-0.3, -0.25) is 0 Å². The maximum Gasteiger partial charge on any atom is 0.338 e. The van der Waals surface area contributed by atoms with E-state index in [-0.39, 0.29) is 19.1 Å². The fraction of sp³-hybridized carbons (Fsp3) is 0.421. The van der Waals surface area contributed by atoms with Gasteiger partial charge in [-0.05, 0) is 38.5 Å². The van der Waals surface area contributed by atoms with E-state index < -0.39 is 12.0 Å². The lowest BCUT2D eigenvalue weighted by Crippen LogP contribution is -2.45. The van der Waals surface area contributed by atoms with Gasteiger partial charge in [-0.25, -0.2) is 9.59 Å². The smallest absolute Gasteiger partial charge is 0.338 e. The molecule has 0 spiro atoms. The Hall–Kier alpha value is -3.01. The number of allylic oxidation sites excluding steroid dienone is 1. The van der Waals surface area contributed by atoms with Crippen molar-refractivity contribution < 1.29 is 14.3 Å². The monoisotopic (exact) mass is 356 g/mol. The zero-order valence-corrected chi connectivity index (χ0v) is 15.3. The molecule has 1 aliphatic heterocycles. The van der Waals surface area contributed by atoms with Crippen molar-refractivity contribution in [2.45, 2.75) is 33.2 Å². The van der Waals surface area contributed by atoms with Gasteiger partial charge in [0.25, 0.3) is 0 Å². The van der Waals surface area contributed by atoms with Gasteiger partial charge < -0.3 is 20.3 Å². The molecular weight excluding hydrogens is 332 g/mol. The molecule has 1 atom stereocenters. The van der Waals surface area contributed by atoms with Crippen LogP contribution < -0.4 is 15.5 Å². The summed E-state index contributed by atoms with van der Waals surface area (Å²) >= 11 is 0. The molecule has 0 fully saturated rings. The SMILES string of the molecule is CCN(CC)c1ccc([C@H]2NC(=O)NC(C)=C2C(=O)OCCC#N)cc1. The summed E-state index contributed by atoms with van der Waals surface area (Å²) < 4.78 is 5.16. The normalized spacial score (nSPS) is 16.4. The van der Waals surface area contributed by atoms with Gasteiger partial charge in [0.2, 0.25) is 0 Å². The van der Waals surface area contributed by atoms with E-state index in [1.54, 1.807) is 6.92 Å². The number of nitrogens with zero attached hydrogens (tertiary/aromatic N) is 2. The maximum atomic E-state index is 12.5. The van der Waals surface area contributed by atoms with Gasteiger partial charge >= 0.3 is 12.0 Å². The van der Waals surface area contributed by atoms with E-state index in [4.69, 9.17) is 10.00 Å². The third-order valence-corrected chi connectivity index (χ3v) is 4.29. The second kappa shape index (κ2) is 8.90. The minimum atomic E-state index is -0.593. The summed E-state index contributed by atoms with van der Waals surface area (Å²) in [6.45, 7) is 7.66. The molecule has 138 valence electrons. The molecule has 7 heteroatoms. The third-order valence-electron chi connectivity index (χ3n) is 4.29. The molecule has 2 rings (SSSR count). The fourth-order valence-electron chi connectivity index (χ4n) is 2.95.